The third-order valence-corrected chi connectivity index (χ3v) is 5.33. The number of para-hydroxylation sites is 1. The maximum absolute atomic E-state index is 11.3. The maximum Gasteiger partial charge on any atom is 0.214 e. The van der Waals surface area contributed by atoms with Gasteiger partial charge in [0.25, 0.3) is 0 Å². The van der Waals surface area contributed by atoms with Gasteiger partial charge in [-0.25, -0.2) is 0 Å². The first-order chi connectivity index (χ1) is 14.1. The molecule has 0 spiro atoms. The molecule has 1 aromatic heterocycles. The fraction of sp³-hybridized carbons (Fsp3) is 0.130. The largest absolute Gasteiger partial charge is 0.489 e. The molecule has 4 rings (SSSR count). The highest BCUT2D eigenvalue weighted by Crippen LogP contribution is 2.32. The number of H-pyrrole nitrogens is 1. The zero-order valence-electron chi connectivity index (χ0n) is 15.5. The third-order valence-electron chi connectivity index (χ3n) is 4.96. The molecule has 5 nitrogen and oxygen atoms in total. The Morgan fingerprint density at radius 3 is 2.48 bits per heavy atom. The van der Waals surface area contributed by atoms with Gasteiger partial charge in [0.05, 0.1) is 5.92 Å². The Balaban J connectivity index is 1.57. The zero-order valence-corrected chi connectivity index (χ0v) is 16.3. The molecule has 0 radical (unpaired) electrons. The van der Waals surface area contributed by atoms with E-state index in [0.717, 1.165) is 27.6 Å². The van der Waals surface area contributed by atoms with Crippen LogP contribution in [0.1, 0.15) is 22.6 Å². The van der Waals surface area contributed by atoms with Gasteiger partial charge in [-0.2, -0.15) is 0 Å². The lowest BCUT2D eigenvalue weighted by Crippen LogP contribution is -2.13. The molecule has 29 heavy (non-hydrogen) atoms. The minimum absolute atomic E-state index is 0.179. The lowest BCUT2D eigenvalue weighted by Gasteiger charge is -2.14. The Hall–Kier alpha value is -3.31. The lowest BCUT2D eigenvalue weighted by molar-refractivity contribution is -0.481. The number of nitrogens with zero attached hydrogens (tertiary/aromatic N) is 1. The molecule has 4 aromatic rings. The van der Waals surface area contributed by atoms with Gasteiger partial charge in [0.15, 0.2) is 0 Å². The molecule has 0 unspecified atom stereocenters. The van der Waals surface area contributed by atoms with E-state index in [-0.39, 0.29) is 17.4 Å². The highest BCUT2D eigenvalue weighted by atomic mass is 35.5. The van der Waals surface area contributed by atoms with Crippen molar-refractivity contribution in [3.8, 4) is 5.75 Å². The Kier molecular flexibility index (Phi) is 5.49. The van der Waals surface area contributed by atoms with Crippen molar-refractivity contribution in [1.82, 2.24) is 4.98 Å². The third kappa shape index (κ3) is 4.25. The number of rotatable bonds is 7. The van der Waals surface area contributed by atoms with Crippen molar-refractivity contribution in [2.24, 2.45) is 0 Å². The van der Waals surface area contributed by atoms with Crippen LogP contribution in [0, 0.1) is 10.1 Å². The molecule has 0 saturated carbocycles. The van der Waals surface area contributed by atoms with Crippen LogP contribution in [0.15, 0.2) is 79.0 Å². The fourth-order valence-corrected chi connectivity index (χ4v) is 3.68. The molecule has 0 fully saturated rings. The minimum Gasteiger partial charge on any atom is -0.489 e. The van der Waals surface area contributed by atoms with E-state index in [9.17, 15) is 10.1 Å². The van der Waals surface area contributed by atoms with Crippen LogP contribution >= 0.6 is 11.6 Å². The number of halogens is 1. The molecule has 6 heteroatoms. The normalized spacial score (nSPS) is 12.0. The summed E-state index contributed by atoms with van der Waals surface area (Å²) in [6.45, 7) is 0.182. The standard InChI is InChI=1S/C23H19ClN2O3/c24-22-7-3-1-5-17(22)15-29-18-11-9-16(10-12-18)21(14-26(27)28)20-13-25-23-8-4-2-6-19(20)23/h1-13,21,25H,14-15H2/t21-/m1/s1. The van der Waals surface area contributed by atoms with Crippen LogP contribution in [0.5, 0.6) is 5.75 Å². The second-order valence-electron chi connectivity index (χ2n) is 6.81. The summed E-state index contributed by atoms with van der Waals surface area (Å²) in [5.74, 6) is 0.339. The summed E-state index contributed by atoms with van der Waals surface area (Å²) >= 11 is 6.16. The molecule has 1 N–H and O–H groups in total. The summed E-state index contributed by atoms with van der Waals surface area (Å²) in [5, 5.41) is 13.0. The Morgan fingerprint density at radius 1 is 1.00 bits per heavy atom. The van der Waals surface area contributed by atoms with Crippen molar-refractivity contribution >= 4 is 22.5 Å². The van der Waals surface area contributed by atoms with Crippen molar-refractivity contribution in [3.63, 3.8) is 0 Å². The van der Waals surface area contributed by atoms with E-state index < -0.39 is 0 Å². The smallest absolute Gasteiger partial charge is 0.214 e. The number of aromatic amines is 1. The van der Waals surface area contributed by atoms with Crippen LogP contribution in [0.25, 0.3) is 10.9 Å². The fourth-order valence-electron chi connectivity index (χ4n) is 3.49. The zero-order chi connectivity index (χ0) is 20.2. The van der Waals surface area contributed by atoms with E-state index in [1.807, 2.05) is 79.0 Å². The quantitative estimate of drug-likeness (QED) is 0.311. The van der Waals surface area contributed by atoms with Gasteiger partial charge in [-0.05, 0) is 35.4 Å². The van der Waals surface area contributed by atoms with Crippen molar-refractivity contribution < 1.29 is 9.66 Å². The van der Waals surface area contributed by atoms with Gasteiger partial charge in [0, 0.05) is 32.6 Å². The first-order valence-corrected chi connectivity index (χ1v) is 9.63. The summed E-state index contributed by atoms with van der Waals surface area (Å²) < 4.78 is 5.83. The number of ether oxygens (including phenoxy) is 1. The van der Waals surface area contributed by atoms with Gasteiger partial charge in [0.2, 0.25) is 6.54 Å². The van der Waals surface area contributed by atoms with Gasteiger partial charge >= 0.3 is 0 Å². The molecule has 1 heterocycles. The van der Waals surface area contributed by atoms with Gasteiger partial charge in [-0.15, -0.1) is 0 Å². The number of hydrogen-bond acceptors (Lipinski definition) is 3. The molecule has 3 aromatic carbocycles. The van der Waals surface area contributed by atoms with Crippen molar-refractivity contribution in [2.45, 2.75) is 12.5 Å². The van der Waals surface area contributed by atoms with E-state index in [0.29, 0.717) is 17.4 Å². The first-order valence-electron chi connectivity index (χ1n) is 9.26. The van der Waals surface area contributed by atoms with Crippen LogP contribution in [0.3, 0.4) is 0 Å². The van der Waals surface area contributed by atoms with Crippen LogP contribution in [-0.2, 0) is 6.61 Å². The SMILES string of the molecule is O=[N+]([O-])C[C@H](c1ccc(OCc2ccccc2Cl)cc1)c1c[nH]c2ccccc12. The molecule has 0 bridgehead atoms. The Labute approximate surface area is 173 Å². The molecule has 0 aliphatic heterocycles. The van der Waals surface area contributed by atoms with Crippen LogP contribution in [0.2, 0.25) is 5.02 Å². The average molecular weight is 407 g/mol. The van der Waals surface area contributed by atoms with Gasteiger partial charge in [-0.3, -0.25) is 10.1 Å². The number of nitrogens with one attached hydrogen (secondary N) is 1. The lowest BCUT2D eigenvalue weighted by atomic mass is 9.91. The Morgan fingerprint density at radius 2 is 1.72 bits per heavy atom. The number of nitro groups is 1. The summed E-state index contributed by atoms with van der Waals surface area (Å²) in [5.41, 5.74) is 3.66. The highest BCUT2D eigenvalue weighted by Gasteiger charge is 2.23. The van der Waals surface area contributed by atoms with Gasteiger partial charge < -0.3 is 9.72 Å². The highest BCUT2D eigenvalue weighted by molar-refractivity contribution is 6.31. The molecule has 0 amide bonds. The first kappa shape index (κ1) is 19.0. The summed E-state index contributed by atoms with van der Waals surface area (Å²) in [6, 6.07) is 22.8. The van der Waals surface area contributed by atoms with Crippen LogP contribution in [-0.4, -0.2) is 16.5 Å². The summed E-state index contributed by atoms with van der Waals surface area (Å²) in [6.07, 6.45) is 1.86. The minimum atomic E-state index is -0.348. The molecule has 0 aliphatic rings. The number of hydrogen-bond donors (Lipinski definition) is 1. The predicted molar refractivity (Wildman–Crippen MR) is 114 cm³/mol. The van der Waals surface area contributed by atoms with E-state index in [4.69, 9.17) is 16.3 Å². The topological polar surface area (TPSA) is 68.2 Å². The molecular weight excluding hydrogens is 388 g/mol. The number of benzene rings is 3. The predicted octanol–water partition coefficient (Wildman–Crippen LogP) is 5.81. The molecule has 146 valence electrons. The van der Waals surface area contributed by atoms with Crippen molar-refractivity contribution in [1.29, 1.82) is 0 Å². The number of aromatic nitrogens is 1. The second-order valence-corrected chi connectivity index (χ2v) is 7.21. The van der Waals surface area contributed by atoms with Gasteiger partial charge in [-0.1, -0.05) is 60.1 Å². The van der Waals surface area contributed by atoms with E-state index in [1.165, 1.54) is 0 Å². The van der Waals surface area contributed by atoms with Crippen molar-refractivity contribution in [3.05, 3.63) is 111 Å². The van der Waals surface area contributed by atoms with Gasteiger partial charge in [0.1, 0.15) is 12.4 Å². The Bertz CT molecular complexity index is 1140. The van der Waals surface area contributed by atoms with Crippen LogP contribution in [0.4, 0.5) is 0 Å². The van der Waals surface area contributed by atoms with E-state index in [2.05, 4.69) is 4.98 Å². The van der Waals surface area contributed by atoms with E-state index in [1.54, 1.807) is 0 Å². The average Bonchev–Trinajstić information content (AvgIpc) is 3.16. The maximum atomic E-state index is 11.3. The van der Waals surface area contributed by atoms with E-state index >= 15 is 0 Å². The second kappa shape index (κ2) is 8.37. The summed E-state index contributed by atoms with van der Waals surface area (Å²) in [7, 11) is 0. The monoisotopic (exact) mass is 406 g/mol. The number of fused-ring (bicyclic) bond motifs is 1. The van der Waals surface area contributed by atoms with Crippen molar-refractivity contribution in [2.75, 3.05) is 6.54 Å². The molecule has 1 atom stereocenters. The van der Waals surface area contributed by atoms with Crippen LogP contribution < -0.4 is 4.74 Å². The molecular formula is C23H19ClN2O3. The molecule has 0 saturated heterocycles. The summed E-state index contributed by atoms with van der Waals surface area (Å²) in [4.78, 5) is 14.3. The molecule has 0 aliphatic carbocycles.